The van der Waals surface area contributed by atoms with E-state index in [1.165, 1.54) is 47.4 Å². The summed E-state index contributed by atoms with van der Waals surface area (Å²) < 4.78 is 15.8. The van der Waals surface area contributed by atoms with E-state index in [-0.39, 0.29) is 34.5 Å². The number of fused-ring (bicyclic) bond motifs is 1. The van der Waals surface area contributed by atoms with E-state index in [9.17, 15) is 18.8 Å². The van der Waals surface area contributed by atoms with Gasteiger partial charge in [-0.15, -0.1) is 0 Å². The van der Waals surface area contributed by atoms with Gasteiger partial charge in [0.25, 0.3) is 0 Å². The maximum Gasteiger partial charge on any atom is 0.244 e. The van der Waals surface area contributed by atoms with Crippen molar-refractivity contribution in [1.29, 1.82) is 0 Å². The summed E-state index contributed by atoms with van der Waals surface area (Å²) in [6.07, 6.45) is 4.25. The number of carbonyl (C=O) groups is 2. The predicted octanol–water partition coefficient (Wildman–Crippen LogP) is 4.33. The number of amides is 1. The zero-order valence-corrected chi connectivity index (χ0v) is 18.5. The molecule has 0 aliphatic heterocycles. The molecule has 6 nitrogen and oxygen atoms in total. The third-order valence-corrected chi connectivity index (χ3v) is 5.52. The number of aryl methyl sites for hydroxylation is 3. The SMILES string of the molecule is Cc1ccc(NC(=O)Cn2cc(C(=O)c3ccncc3)c(=O)c3cc(C)c(F)cc32)c(C)c1. The highest BCUT2D eigenvalue weighted by molar-refractivity contribution is 6.10. The molecule has 2 heterocycles. The van der Waals surface area contributed by atoms with Crippen LogP contribution in [0, 0.1) is 26.6 Å². The van der Waals surface area contributed by atoms with E-state index in [4.69, 9.17) is 0 Å². The van der Waals surface area contributed by atoms with E-state index in [0.717, 1.165) is 11.1 Å². The highest BCUT2D eigenvalue weighted by Crippen LogP contribution is 2.20. The van der Waals surface area contributed by atoms with E-state index in [1.807, 2.05) is 32.0 Å². The van der Waals surface area contributed by atoms with Crippen LogP contribution in [0.3, 0.4) is 0 Å². The zero-order chi connectivity index (χ0) is 23.7. The van der Waals surface area contributed by atoms with E-state index in [0.29, 0.717) is 11.3 Å². The molecule has 0 saturated carbocycles. The summed E-state index contributed by atoms with van der Waals surface area (Å²) in [5, 5.41) is 3.02. The van der Waals surface area contributed by atoms with Crippen molar-refractivity contribution >= 4 is 28.3 Å². The molecule has 0 radical (unpaired) electrons. The summed E-state index contributed by atoms with van der Waals surface area (Å²) in [5.41, 5.74) is 2.84. The van der Waals surface area contributed by atoms with Gasteiger partial charge in [-0.1, -0.05) is 17.7 Å². The fraction of sp³-hybridized carbons (Fsp3) is 0.154. The molecule has 166 valence electrons. The van der Waals surface area contributed by atoms with E-state index < -0.39 is 17.0 Å². The largest absolute Gasteiger partial charge is 0.337 e. The molecule has 0 unspecified atom stereocenters. The molecule has 0 aliphatic carbocycles. The van der Waals surface area contributed by atoms with Crippen molar-refractivity contribution in [3.63, 3.8) is 0 Å². The molecular weight excluding hydrogens is 421 g/mol. The van der Waals surface area contributed by atoms with Crippen LogP contribution in [-0.4, -0.2) is 21.2 Å². The van der Waals surface area contributed by atoms with Gasteiger partial charge in [0, 0.05) is 35.2 Å². The number of ketones is 1. The summed E-state index contributed by atoms with van der Waals surface area (Å²) >= 11 is 0. The Morgan fingerprint density at radius 1 is 1.00 bits per heavy atom. The molecule has 0 saturated heterocycles. The molecule has 0 spiro atoms. The van der Waals surface area contributed by atoms with Gasteiger partial charge in [0.05, 0.1) is 11.1 Å². The minimum absolute atomic E-state index is 0.0981. The average molecular weight is 443 g/mol. The molecule has 0 fully saturated rings. The van der Waals surface area contributed by atoms with Gasteiger partial charge in [-0.2, -0.15) is 0 Å². The second kappa shape index (κ2) is 8.78. The monoisotopic (exact) mass is 443 g/mol. The van der Waals surface area contributed by atoms with Crippen molar-refractivity contribution in [3.8, 4) is 0 Å². The van der Waals surface area contributed by atoms with Crippen molar-refractivity contribution in [2.75, 3.05) is 5.32 Å². The van der Waals surface area contributed by atoms with Crippen LogP contribution >= 0.6 is 0 Å². The predicted molar refractivity (Wildman–Crippen MR) is 125 cm³/mol. The Kier molecular flexibility index (Phi) is 5.87. The quantitative estimate of drug-likeness (QED) is 0.466. The van der Waals surface area contributed by atoms with E-state index in [1.54, 1.807) is 6.92 Å². The highest BCUT2D eigenvalue weighted by atomic mass is 19.1. The van der Waals surface area contributed by atoms with Gasteiger partial charge in [-0.3, -0.25) is 19.4 Å². The number of hydrogen-bond acceptors (Lipinski definition) is 4. The minimum atomic E-state index is -0.513. The van der Waals surface area contributed by atoms with Crippen molar-refractivity contribution < 1.29 is 14.0 Å². The standard InChI is InChI=1S/C26H22FN3O3/c1-15-4-5-22(17(3)10-15)29-24(31)14-30-13-20(25(32)18-6-8-28-9-7-18)26(33)19-11-16(2)21(27)12-23(19)30/h4-13H,14H2,1-3H3,(H,29,31). The van der Waals surface area contributed by atoms with Gasteiger partial charge in [0.1, 0.15) is 12.4 Å². The number of aromatic nitrogens is 2. The summed E-state index contributed by atoms with van der Waals surface area (Å²) in [5.74, 6) is -1.36. The van der Waals surface area contributed by atoms with Crippen LogP contribution in [0.4, 0.5) is 10.1 Å². The molecule has 33 heavy (non-hydrogen) atoms. The third kappa shape index (κ3) is 4.43. The summed E-state index contributed by atoms with van der Waals surface area (Å²) in [7, 11) is 0. The van der Waals surface area contributed by atoms with Crippen LogP contribution in [-0.2, 0) is 11.3 Å². The number of benzene rings is 2. The molecule has 1 amide bonds. The molecule has 0 aliphatic rings. The Morgan fingerprint density at radius 3 is 2.42 bits per heavy atom. The summed E-state index contributed by atoms with van der Waals surface area (Å²) in [6.45, 7) is 5.19. The van der Waals surface area contributed by atoms with Crippen molar-refractivity contribution in [2.45, 2.75) is 27.3 Å². The lowest BCUT2D eigenvalue weighted by Gasteiger charge is -2.15. The van der Waals surface area contributed by atoms with Gasteiger partial charge in [-0.25, -0.2) is 4.39 Å². The maximum absolute atomic E-state index is 14.4. The van der Waals surface area contributed by atoms with Crippen LogP contribution in [0.25, 0.3) is 10.9 Å². The average Bonchev–Trinajstić information content (AvgIpc) is 2.79. The van der Waals surface area contributed by atoms with Crippen LogP contribution in [0.5, 0.6) is 0 Å². The lowest BCUT2D eigenvalue weighted by atomic mass is 10.0. The van der Waals surface area contributed by atoms with Crippen molar-refractivity contribution in [2.24, 2.45) is 0 Å². The lowest BCUT2D eigenvalue weighted by molar-refractivity contribution is -0.116. The Hall–Kier alpha value is -4.13. The van der Waals surface area contributed by atoms with Crippen LogP contribution in [0.1, 0.15) is 32.6 Å². The molecule has 2 aromatic heterocycles. The first-order chi connectivity index (χ1) is 15.7. The number of pyridine rings is 2. The molecule has 7 heteroatoms. The Labute approximate surface area is 189 Å². The van der Waals surface area contributed by atoms with Gasteiger partial charge >= 0.3 is 0 Å². The van der Waals surface area contributed by atoms with Crippen molar-refractivity contribution in [3.05, 3.63) is 105 Å². The number of anilines is 1. The number of hydrogen-bond donors (Lipinski definition) is 1. The second-order valence-electron chi connectivity index (χ2n) is 8.05. The first-order valence-corrected chi connectivity index (χ1v) is 10.4. The Balaban J connectivity index is 1.80. The molecule has 4 rings (SSSR count). The van der Waals surface area contributed by atoms with Crippen LogP contribution < -0.4 is 10.7 Å². The topological polar surface area (TPSA) is 81.1 Å². The molecule has 4 aromatic rings. The van der Waals surface area contributed by atoms with Gasteiger partial charge < -0.3 is 9.88 Å². The number of halogens is 1. The number of nitrogens with one attached hydrogen (secondary N) is 1. The van der Waals surface area contributed by atoms with Gasteiger partial charge in [0.2, 0.25) is 11.3 Å². The molecule has 0 atom stereocenters. The smallest absolute Gasteiger partial charge is 0.244 e. The minimum Gasteiger partial charge on any atom is -0.337 e. The van der Waals surface area contributed by atoms with Crippen molar-refractivity contribution in [1.82, 2.24) is 9.55 Å². The third-order valence-electron chi connectivity index (χ3n) is 5.52. The second-order valence-corrected chi connectivity index (χ2v) is 8.05. The summed E-state index contributed by atoms with van der Waals surface area (Å²) in [6, 6.07) is 11.3. The molecule has 0 bridgehead atoms. The molecule has 1 N–H and O–H groups in total. The van der Waals surface area contributed by atoms with Gasteiger partial charge in [-0.05, 0) is 62.2 Å². The van der Waals surface area contributed by atoms with E-state index >= 15 is 0 Å². The van der Waals surface area contributed by atoms with Crippen LogP contribution in [0.2, 0.25) is 0 Å². The van der Waals surface area contributed by atoms with Gasteiger partial charge in [0.15, 0.2) is 5.78 Å². The fourth-order valence-corrected chi connectivity index (χ4v) is 3.77. The molecular formula is C26H22FN3O3. The first-order valence-electron chi connectivity index (χ1n) is 10.4. The summed E-state index contributed by atoms with van der Waals surface area (Å²) in [4.78, 5) is 42.9. The Bertz CT molecular complexity index is 1460. The molecule has 2 aromatic carbocycles. The lowest BCUT2D eigenvalue weighted by Crippen LogP contribution is -2.24. The maximum atomic E-state index is 14.4. The zero-order valence-electron chi connectivity index (χ0n) is 18.5. The fourth-order valence-electron chi connectivity index (χ4n) is 3.77. The normalized spacial score (nSPS) is 10.9. The number of nitrogens with zero attached hydrogens (tertiary/aromatic N) is 2. The first kappa shape index (κ1) is 22.1. The Morgan fingerprint density at radius 2 is 1.73 bits per heavy atom. The van der Waals surface area contributed by atoms with E-state index in [2.05, 4.69) is 10.3 Å². The highest BCUT2D eigenvalue weighted by Gasteiger charge is 2.19. The van der Waals surface area contributed by atoms with Crippen LogP contribution in [0.15, 0.2) is 65.8 Å². The number of carbonyl (C=O) groups excluding carboxylic acids is 2. The number of rotatable bonds is 5.